The van der Waals surface area contributed by atoms with Crippen LogP contribution < -0.4 is 10.2 Å². The van der Waals surface area contributed by atoms with Gasteiger partial charge in [0.25, 0.3) is 0 Å². The number of amides is 1. The molecule has 0 bridgehead atoms. The second-order valence-corrected chi connectivity index (χ2v) is 6.13. The van der Waals surface area contributed by atoms with Gasteiger partial charge < -0.3 is 14.2 Å². The monoisotopic (exact) mass is 368 g/mol. The van der Waals surface area contributed by atoms with Crippen molar-refractivity contribution in [3.63, 3.8) is 0 Å². The first-order chi connectivity index (χ1) is 13.0. The summed E-state index contributed by atoms with van der Waals surface area (Å²) in [5, 5.41) is 3.91. The zero-order valence-electron chi connectivity index (χ0n) is 14.9. The molecule has 3 rings (SSSR count). The number of nitrogens with zero attached hydrogens (tertiary/aromatic N) is 1. The lowest BCUT2D eigenvalue weighted by Crippen LogP contribution is -2.33. The van der Waals surface area contributed by atoms with Gasteiger partial charge >= 0.3 is 5.97 Å². The first kappa shape index (κ1) is 18.8. The Kier molecular flexibility index (Phi) is 5.95. The average molecular weight is 368 g/mol. The molecule has 140 valence electrons. The smallest absolute Gasteiger partial charge is 0.343 e. The van der Waals surface area contributed by atoms with Gasteiger partial charge in [-0.05, 0) is 48.9 Å². The maximum atomic E-state index is 12.0. The molecule has 1 saturated heterocycles. The second-order valence-electron chi connectivity index (χ2n) is 6.13. The van der Waals surface area contributed by atoms with E-state index in [9.17, 15) is 9.59 Å². The average Bonchev–Trinajstić information content (AvgIpc) is 3.09. The lowest BCUT2D eigenvalue weighted by Gasteiger charge is -2.20. The third-order valence-electron chi connectivity index (χ3n) is 3.88. The maximum absolute atomic E-state index is 12.0. The van der Waals surface area contributed by atoms with E-state index >= 15 is 0 Å². The number of esters is 1. The van der Waals surface area contributed by atoms with Crippen LogP contribution in [-0.4, -0.2) is 37.1 Å². The van der Waals surface area contributed by atoms with Crippen LogP contribution >= 0.6 is 0 Å². The minimum absolute atomic E-state index is 0.0682. The molecule has 0 aliphatic carbocycles. The molecule has 1 aliphatic heterocycles. The summed E-state index contributed by atoms with van der Waals surface area (Å²) in [6.45, 7) is 2.68. The van der Waals surface area contributed by atoms with Crippen LogP contribution in [0.25, 0.3) is 0 Å². The topological polar surface area (TPSA) is 86.2 Å². The van der Waals surface area contributed by atoms with Gasteiger partial charge in [-0.2, -0.15) is 5.10 Å². The summed E-state index contributed by atoms with van der Waals surface area (Å²) in [6.07, 6.45) is 1.57. The molecule has 1 N–H and O–H groups in total. The Morgan fingerprint density at radius 2 is 1.78 bits per heavy atom. The van der Waals surface area contributed by atoms with Crippen LogP contribution in [-0.2, 0) is 14.3 Å². The van der Waals surface area contributed by atoms with Crippen molar-refractivity contribution in [1.29, 1.82) is 0 Å². The van der Waals surface area contributed by atoms with E-state index < -0.39 is 11.8 Å². The molecule has 0 atom stereocenters. The summed E-state index contributed by atoms with van der Waals surface area (Å²) in [5.41, 5.74) is 3.66. The zero-order chi connectivity index (χ0) is 19.1. The Labute approximate surface area is 156 Å². The van der Waals surface area contributed by atoms with Gasteiger partial charge in [0.2, 0.25) is 5.91 Å². The summed E-state index contributed by atoms with van der Waals surface area (Å²) in [4.78, 5) is 23.9. The zero-order valence-corrected chi connectivity index (χ0v) is 14.9. The molecule has 7 nitrogen and oxygen atoms in total. The van der Waals surface area contributed by atoms with Crippen molar-refractivity contribution in [2.45, 2.75) is 19.1 Å². The van der Waals surface area contributed by atoms with Crippen LogP contribution in [0, 0.1) is 0 Å². The highest BCUT2D eigenvalue weighted by atomic mass is 16.7. The first-order valence-corrected chi connectivity index (χ1v) is 8.51. The van der Waals surface area contributed by atoms with E-state index in [0.29, 0.717) is 24.5 Å². The lowest BCUT2D eigenvalue weighted by molar-refractivity contribution is -0.159. The van der Waals surface area contributed by atoms with Crippen LogP contribution in [0.1, 0.15) is 29.3 Å². The number of ether oxygens (including phenoxy) is 3. The van der Waals surface area contributed by atoms with E-state index in [4.69, 9.17) is 14.2 Å². The Morgan fingerprint density at radius 1 is 1.11 bits per heavy atom. The Morgan fingerprint density at radius 3 is 2.44 bits per heavy atom. The summed E-state index contributed by atoms with van der Waals surface area (Å²) < 4.78 is 16.1. The Bertz CT molecular complexity index is 812. The third kappa shape index (κ3) is 5.47. The minimum Gasteiger partial charge on any atom is -0.423 e. The predicted molar refractivity (Wildman–Crippen MR) is 98.5 cm³/mol. The summed E-state index contributed by atoms with van der Waals surface area (Å²) in [6, 6.07) is 15.5. The van der Waals surface area contributed by atoms with E-state index in [2.05, 4.69) is 10.5 Å². The van der Waals surface area contributed by atoms with Gasteiger partial charge in [0, 0.05) is 0 Å². The highest BCUT2D eigenvalue weighted by molar-refractivity contribution is 5.91. The summed E-state index contributed by atoms with van der Waals surface area (Å²) in [7, 11) is 0. The fourth-order valence-corrected chi connectivity index (χ4v) is 2.53. The van der Waals surface area contributed by atoms with Gasteiger partial charge in [-0.3, -0.25) is 4.79 Å². The van der Waals surface area contributed by atoms with Gasteiger partial charge in [0.05, 0.1) is 31.4 Å². The Hall–Kier alpha value is -3.03. The summed E-state index contributed by atoms with van der Waals surface area (Å²) in [5.74, 6) is -1.18. The summed E-state index contributed by atoms with van der Waals surface area (Å²) >= 11 is 0. The molecular weight excluding hydrogens is 348 g/mol. The molecule has 1 amide bonds. The van der Waals surface area contributed by atoms with E-state index in [-0.39, 0.29) is 12.3 Å². The van der Waals surface area contributed by atoms with Crippen LogP contribution in [0.15, 0.2) is 59.7 Å². The standard InChI is InChI=1S/C20H20N2O5/c1-20(25-11-12-26-20)13-18(23)22-21-14-15-7-9-17(10-8-15)27-19(24)16-5-3-2-4-6-16/h2-10,14H,11-13H2,1H3,(H,22,23)/b21-14-. The lowest BCUT2D eigenvalue weighted by atomic mass is 10.2. The number of hydrogen-bond donors (Lipinski definition) is 1. The van der Waals surface area contributed by atoms with Gasteiger partial charge in [0.1, 0.15) is 5.75 Å². The molecule has 0 aromatic heterocycles. The molecule has 0 saturated carbocycles. The quantitative estimate of drug-likeness (QED) is 0.366. The minimum atomic E-state index is -0.885. The maximum Gasteiger partial charge on any atom is 0.343 e. The second kappa shape index (κ2) is 8.57. The fourth-order valence-electron chi connectivity index (χ4n) is 2.53. The van der Waals surface area contributed by atoms with E-state index in [0.717, 1.165) is 5.56 Å². The number of hydrazone groups is 1. The van der Waals surface area contributed by atoms with Gasteiger partial charge in [-0.1, -0.05) is 18.2 Å². The highest BCUT2D eigenvalue weighted by Gasteiger charge is 2.33. The van der Waals surface area contributed by atoms with E-state index in [1.807, 2.05) is 6.07 Å². The SMILES string of the molecule is CC1(CC(=O)N/N=C\c2ccc(OC(=O)c3ccccc3)cc2)OCCO1. The van der Waals surface area contributed by atoms with Crippen molar-refractivity contribution < 1.29 is 23.8 Å². The van der Waals surface area contributed by atoms with Crippen molar-refractivity contribution in [3.05, 3.63) is 65.7 Å². The number of carbonyl (C=O) groups excluding carboxylic acids is 2. The van der Waals surface area contributed by atoms with Crippen molar-refractivity contribution >= 4 is 18.1 Å². The molecule has 0 spiro atoms. The highest BCUT2D eigenvalue weighted by Crippen LogP contribution is 2.22. The van der Waals surface area contributed by atoms with Crippen molar-refractivity contribution in [1.82, 2.24) is 5.43 Å². The molecule has 1 fully saturated rings. The number of rotatable bonds is 6. The predicted octanol–water partition coefficient (Wildman–Crippen LogP) is 2.51. The molecular formula is C20H20N2O5. The van der Waals surface area contributed by atoms with Crippen LogP contribution in [0.2, 0.25) is 0 Å². The molecule has 1 heterocycles. The largest absolute Gasteiger partial charge is 0.423 e. The molecule has 27 heavy (non-hydrogen) atoms. The first-order valence-electron chi connectivity index (χ1n) is 8.51. The molecule has 2 aromatic carbocycles. The number of hydrogen-bond acceptors (Lipinski definition) is 6. The normalized spacial score (nSPS) is 15.6. The fraction of sp³-hybridized carbons (Fsp3) is 0.250. The van der Waals surface area contributed by atoms with Crippen LogP contribution in [0.3, 0.4) is 0 Å². The Balaban J connectivity index is 1.49. The van der Waals surface area contributed by atoms with Gasteiger partial charge in [0.15, 0.2) is 5.79 Å². The van der Waals surface area contributed by atoms with Gasteiger partial charge in [-0.15, -0.1) is 0 Å². The van der Waals surface area contributed by atoms with Crippen molar-refractivity contribution in [3.8, 4) is 5.75 Å². The molecule has 2 aromatic rings. The van der Waals surface area contributed by atoms with Crippen LogP contribution in [0.5, 0.6) is 5.75 Å². The van der Waals surface area contributed by atoms with Gasteiger partial charge in [-0.25, -0.2) is 10.2 Å². The van der Waals surface area contributed by atoms with Crippen molar-refractivity contribution in [2.75, 3.05) is 13.2 Å². The number of nitrogens with one attached hydrogen (secondary N) is 1. The van der Waals surface area contributed by atoms with E-state index in [1.54, 1.807) is 55.5 Å². The van der Waals surface area contributed by atoms with E-state index in [1.165, 1.54) is 6.21 Å². The molecule has 0 radical (unpaired) electrons. The molecule has 7 heteroatoms. The molecule has 1 aliphatic rings. The number of carbonyl (C=O) groups is 2. The van der Waals surface area contributed by atoms with Crippen molar-refractivity contribution in [2.24, 2.45) is 5.10 Å². The number of benzene rings is 2. The van der Waals surface area contributed by atoms with Crippen LogP contribution in [0.4, 0.5) is 0 Å². The third-order valence-corrected chi connectivity index (χ3v) is 3.88. The molecule has 0 unspecified atom stereocenters.